The molecule has 1 aliphatic heterocycles. The Labute approximate surface area is 142 Å². The van der Waals surface area contributed by atoms with E-state index in [2.05, 4.69) is 17.6 Å². The van der Waals surface area contributed by atoms with Crippen LogP contribution in [0, 0.1) is 0 Å². The Balaban J connectivity index is 2.44. The van der Waals surface area contributed by atoms with E-state index in [4.69, 9.17) is 21.7 Å². The summed E-state index contributed by atoms with van der Waals surface area (Å²) in [6.07, 6.45) is 0.909. The highest BCUT2D eigenvalue weighted by molar-refractivity contribution is 7.80. The topological polar surface area (TPSA) is 59.6 Å². The Morgan fingerprint density at radius 1 is 1.30 bits per heavy atom. The molecule has 1 atom stereocenters. The summed E-state index contributed by atoms with van der Waals surface area (Å²) in [5.74, 6) is 0.383. The number of allylic oxidation sites excluding steroid dienone is 1. The minimum atomic E-state index is -0.393. The van der Waals surface area contributed by atoms with E-state index in [0.717, 1.165) is 17.7 Å². The number of rotatable bonds is 6. The standard InChI is InChI=1S/C17H22N2O3S/c1-4-10-22-13-9-7-6-8-12(13)15-14(16(20)21-5-2)11(3)18-17(23)19-15/h6-9,15H,4-5,10H2,1-3H3,(H2,18,19,23). The molecule has 1 aromatic carbocycles. The van der Waals surface area contributed by atoms with Crippen molar-refractivity contribution in [3.63, 3.8) is 0 Å². The second-order valence-corrected chi connectivity index (χ2v) is 5.59. The molecule has 23 heavy (non-hydrogen) atoms. The summed E-state index contributed by atoms with van der Waals surface area (Å²) < 4.78 is 11.0. The lowest BCUT2D eigenvalue weighted by Crippen LogP contribution is -2.45. The summed E-state index contributed by atoms with van der Waals surface area (Å²) in [7, 11) is 0. The third-order valence-electron chi connectivity index (χ3n) is 3.46. The van der Waals surface area contributed by atoms with E-state index in [9.17, 15) is 4.79 Å². The molecular weight excluding hydrogens is 312 g/mol. The van der Waals surface area contributed by atoms with Gasteiger partial charge in [-0.15, -0.1) is 0 Å². The molecule has 1 aliphatic rings. The predicted molar refractivity (Wildman–Crippen MR) is 93.2 cm³/mol. The van der Waals surface area contributed by atoms with Gasteiger partial charge in [-0.1, -0.05) is 25.1 Å². The zero-order valence-corrected chi connectivity index (χ0v) is 14.5. The van der Waals surface area contributed by atoms with Crippen LogP contribution in [0.25, 0.3) is 0 Å². The van der Waals surface area contributed by atoms with Crippen LogP contribution in [-0.4, -0.2) is 24.3 Å². The van der Waals surface area contributed by atoms with Crippen molar-refractivity contribution in [2.24, 2.45) is 0 Å². The molecule has 0 amide bonds. The number of carbonyl (C=O) groups excluding carboxylic acids is 1. The SMILES string of the molecule is CCCOc1ccccc1C1NC(=S)NC(C)=C1C(=O)OCC. The molecule has 1 unspecified atom stereocenters. The largest absolute Gasteiger partial charge is 0.493 e. The lowest BCUT2D eigenvalue weighted by molar-refractivity contribution is -0.139. The van der Waals surface area contributed by atoms with Crippen LogP contribution >= 0.6 is 12.2 Å². The normalized spacial score (nSPS) is 17.3. The summed E-state index contributed by atoms with van der Waals surface area (Å²) in [4.78, 5) is 12.4. The van der Waals surface area contributed by atoms with Gasteiger partial charge < -0.3 is 20.1 Å². The van der Waals surface area contributed by atoms with Gasteiger partial charge in [0, 0.05) is 11.3 Å². The van der Waals surface area contributed by atoms with Crippen molar-refractivity contribution in [2.45, 2.75) is 33.2 Å². The van der Waals surface area contributed by atoms with Crippen molar-refractivity contribution >= 4 is 23.3 Å². The zero-order chi connectivity index (χ0) is 16.8. The minimum Gasteiger partial charge on any atom is -0.493 e. The first kappa shape index (κ1) is 17.3. The summed E-state index contributed by atoms with van der Waals surface area (Å²) in [5.41, 5.74) is 2.09. The van der Waals surface area contributed by atoms with Crippen LogP contribution in [0.1, 0.15) is 38.8 Å². The number of benzene rings is 1. The van der Waals surface area contributed by atoms with Crippen LogP contribution in [0.15, 0.2) is 35.5 Å². The van der Waals surface area contributed by atoms with Crippen molar-refractivity contribution in [1.29, 1.82) is 0 Å². The molecule has 6 heteroatoms. The fourth-order valence-electron chi connectivity index (χ4n) is 2.47. The van der Waals surface area contributed by atoms with Crippen molar-refractivity contribution in [3.8, 4) is 5.75 Å². The summed E-state index contributed by atoms with van der Waals surface area (Å²) in [6.45, 7) is 6.59. The number of hydrogen-bond acceptors (Lipinski definition) is 4. The molecule has 1 heterocycles. The molecular formula is C17H22N2O3S. The Morgan fingerprint density at radius 3 is 2.74 bits per heavy atom. The highest BCUT2D eigenvalue weighted by Crippen LogP contribution is 2.33. The van der Waals surface area contributed by atoms with Crippen molar-refractivity contribution in [1.82, 2.24) is 10.6 Å². The van der Waals surface area contributed by atoms with Crippen molar-refractivity contribution in [2.75, 3.05) is 13.2 Å². The second-order valence-electron chi connectivity index (χ2n) is 5.18. The summed E-state index contributed by atoms with van der Waals surface area (Å²) >= 11 is 5.25. The fraction of sp³-hybridized carbons (Fsp3) is 0.412. The summed E-state index contributed by atoms with van der Waals surface area (Å²) in [5, 5.41) is 6.62. The second kappa shape index (κ2) is 7.97. The molecule has 124 valence electrons. The van der Waals surface area contributed by atoms with Gasteiger partial charge in [0.05, 0.1) is 24.8 Å². The Hall–Kier alpha value is -2.08. The highest BCUT2D eigenvalue weighted by Gasteiger charge is 2.32. The molecule has 0 fully saturated rings. The van der Waals surface area contributed by atoms with Gasteiger partial charge in [0.1, 0.15) is 5.75 Å². The maximum atomic E-state index is 12.4. The molecule has 0 spiro atoms. The minimum absolute atomic E-state index is 0.320. The van der Waals surface area contributed by atoms with E-state index in [-0.39, 0.29) is 5.97 Å². The van der Waals surface area contributed by atoms with Gasteiger partial charge in [-0.3, -0.25) is 0 Å². The van der Waals surface area contributed by atoms with Crippen molar-refractivity contribution in [3.05, 3.63) is 41.1 Å². The first-order valence-electron chi connectivity index (χ1n) is 7.75. The van der Waals surface area contributed by atoms with Crippen LogP contribution in [0.3, 0.4) is 0 Å². The number of ether oxygens (including phenoxy) is 2. The van der Waals surface area contributed by atoms with E-state index in [1.807, 2.05) is 31.2 Å². The van der Waals surface area contributed by atoms with Gasteiger partial charge in [-0.05, 0) is 38.6 Å². The molecule has 0 saturated heterocycles. The number of hydrogen-bond donors (Lipinski definition) is 2. The maximum absolute atomic E-state index is 12.4. The number of para-hydroxylation sites is 1. The molecule has 0 saturated carbocycles. The molecule has 5 nitrogen and oxygen atoms in total. The van der Waals surface area contributed by atoms with Gasteiger partial charge in [-0.25, -0.2) is 4.79 Å². The third kappa shape index (κ3) is 4.01. The molecule has 0 radical (unpaired) electrons. The monoisotopic (exact) mass is 334 g/mol. The number of esters is 1. The van der Waals surface area contributed by atoms with Crippen LogP contribution in [0.2, 0.25) is 0 Å². The van der Waals surface area contributed by atoms with E-state index >= 15 is 0 Å². The van der Waals surface area contributed by atoms with E-state index in [1.165, 1.54) is 0 Å². The fourth-order valence-corrected chi connectivity index (χ4v) is 2.74. The van der Waals surface area contributed by atoms with Crippen molar-refractivity contribution < 1.29 is 14.3 Å². The molecule has 0 bridgehead atoms. The van der Waals surface area contributed by atoms with Gasteiger partial charge >= 0.3 is 5.97 Å². The Morgan fingerprint density at radius 2 is 2.04 bits per heavy atom. The molecule has 0 aliphatic carbocycles. The third-order valence-corrected chi connectivity index (χ3v) is 3.68. The predicted octanol–water partition coefficient (Wildman–Crippen LogP) is 2.83. The highest BCUT2D eigenvalue weighted by atomic mass is 32.1. The lowest BCUT2D eigenvalue weighted by atomic mass is 9.95. The van der Waals surface area contributed by atoms with Crippen LogP contribution in [-0.2, 0) is 9.53 Å². The average molecular weight is 334 g/mol. The van der Waals surface area contributed by atoms with E-state index in [1.54, 1.807) is 6.92 Å². The molecule has 2 rings (SSSR count). The smallest absolute Gasteiger partial charge is 0.338 e. The number of thiocarbonyl (C=S) groups is 1. The van der Waals surface area contributed by atoms with Gasteiger partial charge in [-0.2, -0.15) is 0 Å². The Bertz CT molecular complexity index is 628. The molecule has 2 N–H and O–H groups in total. The maximum Gasteiger partial charge on any atom is 0.338 e. The van der Waals surface area contributed by atoms with Gasteiger partial charge in [0.25, 0.3) is 0 Å². The van der Waals surface area contributed by atoms with Gasteiger partial charge in [0.2, 0.25) is 0 Å². The zero-order valence-electron chi connectivity index (χ0n) is 13.6. The number of carbonyl (C=O) groups is 1. The molecule has 0 aromatic heterocycles. The summed E-state index contributed by atoms with van der Waals surface area (Å²) in [6, 6.07) is 7.27. The van der Waals surface area contributed by atoms with Gasteiger partial charge in [0.15, 0.2) is 5.11 Å². The lowest BCUT2D eigenvalue weighted by Gasteiger charge is -2.30. The Kier molecular flexibility index (Phi) is 5.98. The van der Waals surface area contributed by atoms with E-state index < -0.39 is 6.04 Å². The first-order valence-corrected chi connectivity index (χ1v) is 8.16. The first-order chi connectivity index (χ1) is 11.1. The molecule has 1 aromatic rings. The average Bonchev–Trinajstić information content (AvgIpc) is 2.52. The van der Waals surface area contributed by atoms with Crippen LogP contribution in [0.4, 0.5) is 0 Å². The quantitative estimate of drug-likeness (QED) is 0.616. The number of nitrogens with one attached hydrogen (secondary N) is 2. The van der Waals surface area contributed by atoms with Crippen LogP contribution in [0.5, 0.6) is 5.75 Å². The van der Waals surface area contributed by atoms with Crippen LogP contribution < -0.4 is 15.4 Å². The van der Waals surface area contributed by atoms with E-state index in [0.29, 0.717) is 29.6 Å².